The summed E-state index contributed by atoms with van der Waals surface area (Å²) in [5.41, 5.74) is 2.96. The van der Waals surface area contributed by atoms with Crippen LogP contribution in [0.5, 0.6) is 0 Å². The number of ether oxygens (including phenoxy) is 2. The van der Waals surface area contributed by atoms with Crippen LogP contribution in [-0.2, 0) is 16.0 Å². The van der Waals surface area contributed by atoms with Crippen LogP contribution in [0.1, 0.15) is 33.3 Å². The summed E-state index contributed by atoms with van der Waals surface area (Å²) in [6, 6.07) is 10.1. The maximum absolute atomic E-state index is 10.6. The van der Waals surface area contributed by atoms with Crippen LogP contribution in [0.3, 0.4) is 0 Å². The van der Waals surface area contributed by atoms with Crippen LogP contribution >= 0.6 is 0 Å². The van der Waals surface area contributed by atoms with Crippen LogP contribution in [0.4, 0.5) is 5.88 Å². The summed E-state index contributed by atoms with van der Waals surface area (Å²) in [6.45, 7) is 13.7. The predicted molar refractivity (Wildman–Crippen MR) is 122 cm³/mol. The first-order chi connectivity index (χ1) is 14.9. The van der Waals surface area contributed by atoms with E-state index in [1.807, 2.05) is 32.0 Å². The fraction of sp³-hybridized carbons (Fsp3) is 0.625. The molecule has 2 heterocycles. The first-order valence-electron chi connectivity index (χ1n) is 11.3. The molecule has 1 unspecified atom stereocenters. The zero-order valence-electron chi connectivity index (χ0n) is 19.3. The lowest BCUT2D eigenvalue weighted by atomic mass is 10.1. The molecule has 0 radical (unpaired) electrons. The first kappa shape index (κ1) is 23.7. The molecule has 0 bridgehead atoms. The summed E-state index contributed by atoms with van der Waals surface area (Å²) in [5, 5.41) is 15.0. The molecule has 7 nitrogen and oxygen atoms in total. The Labute approximate surface area is 185 Å². The molecule has 7 heteroatoms. The lowest BCUT2D eigenvalue weighted by Gasteiger charge is -2.30. The number of aliphatic hydroxyl groups excluding tert-OH is 1. The molecule has 172 valence electrons. The molecule has 0 spiro atoms. The summed E-state index contributed by atoms with van der Waals surface area (Å²) in [6.07, 6.45) is -0.447. The van der Waals surface area contributed by atoms with Gasteiger partial charge in [-0.1, -0.05) is 49.3 Å². The van der Waals surface area contributed by atoms with E-state index in [9.17, 15) is 5.11 Å². The quantitative estimate of drug-likeness (QED) is 0.584. The molecule has 0 amide bonds. The molecule has 1 saturated heterocycles. The molecule has 1 N–H and O–H groups in total. The number of aromatic nitrogens is 1. The second-order valence-corrected chi connectivity index (χ2v) is 8.90. The minimum absolute atomic E-state index is 0.101. The van der Waals surface area contributed by atoms with Crippen LogP contribution in [0.2, 0.25) is 0 Å². The highest BCUT2D eigenvalue weighted by atomic mass is 16.5. The maximum Gasteiger partial charge on any atom is 0.232 e. The van der Waals surface area contributed by atoms with Gasteiger partial charge in [0.05, 0.1) is 37.6 Å². The molecule has 1 aromatic heterocycles. The first-order valence-corrected chi connectivity index (χ1v) is 11.3. The number of nitrogens with zero attached hydrogens (tertiary/aromatic N) is 3. The van der Waals surface area contributed by atoms with Crippen molar-refractivity contribution < 1.29 is 19.1 Å². The molecule has 0 aliphatic carbocycles. The van der Waals surface area contributed by atoms with Gasteiger partial charge in [0, 0.05) is 38.3 Å². The van der Waals surface area contributed by atoms with Crippen molar-refractivity contribution in [2.75, 3.05) is 50.9 Å². The lowest BCUT2D eigenvalue weighted by Crippen LogP contribution is -2.39. The van der Waals surface area contributed by atoms with Crippen LogP contribution in [0.15, 0.2) is 34.9 Å². The minimum Gasteiger partial charge on any atom is -0.389 e. The van der Waals surface area contributed by atoms with Gasteiger partial charge >= 0.3 is 0 Å². The number of benzene rings is 1. The summed E-state index contributed by atoms with van der Waals surface area (Å²) in [5.74, 6) is 1.27. The van der Waals surface area contributed by atoms with Crippen LogP contribution < -0.4 is 4.90 Å². The normalized spacial score (nSPS) is 15.9. The van der Waals surface area contributed by atoms with Crippen molar-refractivity contribution in [3.8, 4) is 11.3 Å². The highest BCUT2D eigenvalue weighted by molar-refractivity contribution is 5.68. The monoisotopic (exact) mass is 431 g/mol. The van der Waals surface area contributed by atoms with Gasteiger partial charge in [0.1, 0.15) is 5.69 Å². The molecular weight excluding hydrogens is 394 g/mol. The van der Waals surface area contributed by atoms with Gasteiger partial charge in [-0.05, 0) is 19.8 Å². The van der Waals surface area contributed by atoms with Gasteiger partial charge in [-0.3, -0.25) is 4.90 Å². The van der Waals surface area contributed by atoms with Crippen molar-refractivity contribution >= 4 is 5.88 Å². The van der Waals surface area contributed by atoms with Crippen LogP contribution in [0.25, 0.3) is 11.3 Å². The van der Waals surface area contributed by atoms with Crippen molar-refractivity contribution in [1.82, 2.24) is 10.1 Å². The van der Waals surface area contributed by atoms with Crippen molar-refractivity contribution in [3.63, 3.8) is 0 Å². The molecule has 2 aromatic rings. The zero-order valence-corrected chi connectivity index (χ0v) is 19.3. The summed E-state index contributed by atoms with van der Waals surface area (Å²) >= 11 is 0. The molecule has 1 atom stereocenters. The fourth-order valence-corrected chi connectivity index (χ4v) is 3.88. The summed E-state index contributed by atoms with van der Waals surface area (Å²) < 4.78 is 17.0. The van der Waals surface area contributed by atoms with Gasteiger partial charge in [0.25, 0.3) is 0 Å². The van der Waals surface area contributed by atoms with Gasteiger partial charge in [0.2, 0.25) is 5.88 Å². The van der Waals surface area contributed by atoms with E-state index in [1.165, 1.54) is 0 Å². The van der Waals surface area contributed by atoms with Gasteiger partial charge in [0.15, 0.2) is 0 Å². The molecule has 1 aliphatic rings. The number of anilines is 1. The third kappa shape index (κ3) is 7.04. The van der Waals surface area contributed by atoms with E-state index < -0.39 is 6.10 Å². The Bertz CT molecular complexity index is 772. The van der Waals surface area contributed by atoms with E-state index in [-0.39, 0.29) is 6.10 Å². The smallest absolute Gasteiger partial charge is 0.232 e. The number of aliphatic hydroxyl groups is 1. The fourth-order valence-electron chi connectivity index (χ4n) is 3.88. The van der Waals surface area contributed by atoms with Crippen molar-refractivity contribution in [2.45, 2.75) is 46.4 Å². The van der Waals surface area contributed by atoms with Crippen molar-refractivity contribution in [2.24, 2.45) is 5.92 Å². The molecule has 31 heavy (non-hydrogen) atoms. The Morgan fingerprint density at radius 1 is 1.10 bits per heavy atom. The lowest BCUT2D eigenvalue weighted by molar-refractivity contribution is -0.0108. The zero-order chi connectivity index (χ0) is 22.2. The predicted octanol–water partition coefficient (Wildman–Crippen LogP) is 3.42. The van der Waals surface area contributed by atoms with Gasteiger partial charge in [-0.15, -0.1) is 0 Å². The molecule has 1 aliphatic heterocycles. The van der Waals surface area contributed by atoms with Crippen LogP contribution in [-0.4, -0.2) is 73.4 Å². The maximum atomic E-state index is 10.6. The largest absolute Gasteiger partial charge is 0.389 e. The number of rotatable bonds is 11. The van der Waals surface area contributed by atoms with E-state index in [2.05, 4.69) is 40.9 Å². The minimum atomic E-state index is -0.548. The Morgan fingerprint density at radius 3 is 2.45 bits per heavy atom. The number of hydrogen-bond acceptors (Lipinski definition) is 7. The van der Waals surface area contributed by atoms with Crippen molar-refractivity contribution in [3.05, 3.63) is 35.9 Å². The average molecular weight is 432 g/mol. The Morgan fingerprint density at radius 2 is 1.81 bits per heavy atom. The highest BCUT2D eigenvalue weighted by Crippen LogP contribution is 2.33. The molecule has 3 rings (SSSR count). The Hall–Kier alpha value is -1.93. The second-order valence-electron chi connectivity index (χ2n) is 8.90. The topological polar surface area (TPSA) is 71.2 Å². The Kier molecular flexibility index (Phi) is 8.90. The average Bonchev–Trinajstić information content (AvgIpc) is 3.16. The van der Waals surface area contributed by atoms with Crippen molar-refractivity contribution in [1.29, 1.82) is 0 Å². The van der Waals surface area contributed by atoms with Gasteiger partial charge in [-0.25, -0.2) is 0 Å². The van der Waals surface area contributed by atoms with E-state index >= 15 is 0 Å². The third-order valence-corrected chi connectivity index (χ3v) is 5.21. The van der Waals surface area contributed by atoms with E-state index in [0.717, 1.165) is 42.3 Å². The SMILES string of the molecule is CC(C)CN(Cc1c(-c2ccccc2)noc1N1CCOCC1)CC(O)COC(C)C. The van der Waals surface area contributed by atoms with Crippen LogP contribution in [0, 0.1) is 5.92 Å². The summed E-state index contributed by atoms with van der Waals surface area (Å²) in [7, 11) is 0. The Balaban J connectivity index is 1.86. The van der Waals surface area contributed by atoms with E-state index in [0.29, 0.717) is 38.8 Å². The van der Waals surface area contributed by atoms with Gasteiger partial charge < -0.3 is 24.0 Å². The second kappa shape index (κ2) is 11.6. The number of hydrogen-bond donors (Lipinski definition) is 1. The number of morpholine rings is 1. The molecule has 1 fully saturated rings. The van der Waals surface area contributed by atoms with E-state index in [1.54, 1.807) is 0 Å². The van der Waals surface area contributed by atoms with E-state index in [4.69, 9.17) is 14.0 Å². The molecule has 0 saturated carbocycles. The third-order valence-electron chi connectivity index (χ3n) is 5.21. The summed E-state index contributed by atoms with van der Waals surface area (Å²) in [4.78, 5) is 4.49. The molecule has 1 aromatic carbocycles. The standard InChI is InChI=1S/C24H37N3O4/c1-18(2)14-26(15-21(28)17-30-19(3)4)16-22-23(20-8-6-5-7-9-20)25-31-24(22)27-10-12-29-13-11-27/h5-9,18-19,21,28H,10-17H2,1-4H3. The van der Waals surface area contributed by atoms with Gasteiger partial charge in [-0.2, -0.15) is 0 Å². The molecular formula is C24H37N3O4. The highest BCUT2D eigenvalue weighted by Gasteiger charge is 2.26.